The zero-order chi connectivity index (χ0) is 50.6. The average molecular weight is 1010 g/mol. The van der Waals surface area contributed by atoms with Crippen LogP contribution in [-0.4, -0.2) is 98.3 Å². The standard InChI is InChI=1S/C55H107O13P/c1-3-5-7-9-11-13-15-17-19-21-23-24-26-27-29-31-33-35-37-39-41-43-48(56)65-45-47(46-66-69(63,64)68-55-53(61)51(59)50(58)52(60)54(55)62)67-49(57)44-42-40-38-36-34-32-30-28-25-22-20-18-16-14-12-10-8-6-4-2/h47,50-55,58-62H,3-46H2,1-2H3,(H,63,64)/t47-,50?,51-,52?,53?,54?,55?/m0/s1. The highest BCUT2D eigenvalue weighted by atomic mass is 31.2. The van der Waals surface area contributed by atoms with Crippen molar-refractivity contribution < 1.29 is 63.1 Å². The van der Waals surface area contributed by atoms with E-state index in [0.29, 0.717) is 12.8 Å². The molecule has 410 valence electrons. The summed E-state index contributed by atoms with van der Waals surface area (Å²) in [5.74, 6) is -1.07. The molecule has 1 aliphatic carbocycles. The van der Waals surface area contributed by atoms with Crippen LogP contribution in [0.2, 0.25) is 0 Å². The lowest BCUT2D eigenvalue weighted by Crippen LogP contribution is -2.64. The maximum absolute atomic E-state index is 12.9. The fourth-order valence-electron chi connectivity index (χ4n) is 9.35. The van der Waals surface area contributed by atoms with E-state index in [4.69, 9.17) is 18.5 Å². The summed E-state index contributed by atoms with van der Waals surface area (Å²) >= 11 is 0. The van der Waals surface area contributed by atoms with Crippen molar-refractivity contribution in [1.82, 2.24) is 0 Å². The molecule has 1 aliphatic rings. The Balaban J connectivity index is 2.31. The van der Waals surface area contributed by atoms with E-state index in [9.17, 15) is 44.6 Å². The van der Waals surface area contributed by atoms with Gasteiger partial charge < -0.3 is 39.9 Å². The molecule has 14 heteroatoms. The van der Waals surface area contributed by atoms with Crippen LogP contribution < -0.4 is 0 Å². The number of ether oxygens (including phenoxy) is 2. The summed E-state index contributed by atoms with van der Waals surface area (Å²) in [5, 5.41) is 50.4. The first-order chi connectivity index (χ1) is 33.4. The van der Waals surface area contributed by atoms with E-state index in [2.05, 4.69) is 13.8 Å². The van der Waals surface area contributed by atoms with Gasteiger partial charge >= 0.3 is 19.8 Å². The predicted molar refractivity (Wildman–Crippen MR) is 277 cm³/mol. The molecule has 0 radical (unpaired) electrons. The Labute approximate surface area is 421 Å². The second-order valence-electron chi connectivity index (χ2n) is 20.5. The fraction of sp³-hybridized carbons (Fsp3) is 0.964. The van der Waals surface area contributed by atoms with E-state index in [1.165, 1.54) is 205 Å². The molecule has 0 bridgehead atoms. The quantitative estimate of drug-likeness (QED) is 0.0191. The van der Waals surface area contributed by atoms with Crippen molar-refractivity contribution in [3.8, 4) is 0 Å². The molecule has 1 saturated carbocycles. The van der Waals surface area contributed by atoms with E-state index >= 15 is 0 Å². The third kappa shape index (κ3) is 37.3. The number of carbonyl (C=O) groups excluding carboxylic acids is 2. The first kappa shape index (κ1) is 65.9. The second-order valence-corrected chi connectivity index (χ2v) is 21.9. The first-order valence-electron chi connectivity index (χ1n) is 28.8. The minimum absolute atomic E-state index is 0.106. The largest absolute Gasteiger partial charge is 0.472 e. The van der Waals surface area contributed by atoms with Crippen LogP contribution in [-0.2, 0) is 32.7 Å². The summed E-state index contributed by atoms with van der Waals surface area (Å²) in [4.78, 5) is 36.0. The predicted octanol–water partition coefficient (Wildman–Crippen LogP) is 13.2. The molecule has 1 fully saturated rings. The number of hydrogen-bond acceptors (Lipinski definition) is 12. The molecule has 0 aromatic heterocycles. The van der Waals surface area contributed by atoms with Crippen molar-refractivity contribution in [3.63, 3.8) is 0 Å². The van der Waals surface area contributed by atoms with Gasteiger partial charge in [-0.2, -0.15) is 0 Å². The van der Waals surface area contributed by atoms with Crippen molar-refractivity contribution in [2.45, 2.75) is 326 Å². The minimum Gasteiger partial charge on any atom is -0.462 e. The van der Waals surface area contributed by atoms with Gasteiger partial charge in [-0.05, 0) is 12.8 Å². The lowest BCUT2D eigenvalue weighted by Gasteiger charge is -2.41. The number of phosphoric acid groups is 1. The minimum atomic E-state index is -5.12. The lowest BCUT2D eigenvalue weighted by molar-refractivity contribution is -0.220. The molecule has 0 aliphatic heterocycles. The Bertz CT molecular complexity index is 1210. The van der Waals surface area contributed by atoms with Crippen LogP contribution in [0.25, 0.3) is 0 Å². The highest BCUT2D eigenvalue weighted by Crippen LogP contribution is 2.47. The number of unbranched alkanes of at least 4 members (excludes halogenated alkanes) is 38. The number of esters is 2. The molecule has 6 unspecified atom stereocenters. The van der Waals surface area contributed by atoms with Gasteiger partial charge in [-0.1, -0.05) is 258 Å². The third-order valence-electron chi connectivity index (χ3n) is 13.9. The number of aliphatic hydroxyl groups is 5. The first-order valence-corrected chi connectivity index (χ1v) is 30.3. The maximum Gasteiger partial charge on any atom is 0.472 e. The van der Waals surface area contributed by atoms with Crippen LogP contribution in [0.4, 0.5) is 0 Å². The Morgan fingerprint density at radius 2 is 0.652 bits per heavy atom. The topological polar surface area (TPSA) is 210 Å². The van der Waals surface area contributed by atoms with Crippen LogP contribution in [0.5, 0.6) is 0 Å². The molecule has 69 heavy (non-hydrogen) atoms. The number of carbonyl (C=O) groups is 2. The van der Waals surface area contributed by atoms with Gasteiger partial charge in [0.1, 0.15) is 43.2 Å². The molecule has 0 spiro atoms. The van der Waals surface area contributed by atoms with Gasteiger partial charge in [-0.3, -0.25) is 18.6 Å². The van der Waals surface area contributed by atoms with E-state index < -0.39 is 75.7 Å². The molecular weight excluding hydrogens is 900 g/mol. The number of rotatable bonds is 50. The van der Waals surface area contributed by atoms with Gasteiger partial charge in [0.25, 0.3) is 0 Å². The van der Waals surface area contributed by atoms with Crippen molar-refractivity contribution >= 4 is 19.8 Å². The Hall–Kier alpha value is -1.15. The number of hydrogen-bond donors (Lipinski definition) is 6. The van der Waals surface area contributed by atoms with Gasteiger partial charge in [-0.15, -0.1) is 0 Å². The van der Waals surface area contributed by atoms with Crippen LogP contribution in [0, 0.1) is 0 Å². The van der Waals surface area contributed by atoms with E-state index in [0.717, 1.165) is 38.5 Å². The summed E-state index contributed by atoms with van der Waals surface area (Å²) in [6.45, 7) is 3.38. The van der Waals surface area contributed by atoms with Crippen LogP contribution in [0.15, 0.2) is 0 Å². The smallest absolute Gasteiger partial charge is 0.462 e. The molecule has 0 aromatic carbocycles. The molecule has 0 amide bonds. The van der Waals surface area contributed by atoms with E-state index in [-0.39, 0.29) is 12.8 Å². The molecule has 8 atom stereocenters. The Kier molecular flexibility index (Phi) is 43.4. The maximum atomic E-state index is 12.9. The molecule has 13 nitrogen and oxygen atoms in total. The average Bonchev–Trinajstić information content (AvgIpc) is 3.33. The van der Waals surface area contributed by atoms with Gasteiger partial charge in [-0.25, -0.2) is 4.57 Å². The highest BCUT2D eigenvalue weighted by Gasteiger charge is 2.51. The lowest BCUT2D eigenvalue weighted by atomic mass is 9.85. The molecule has 0 saturated heterocycles. The van der Waals surface area contributed by atoms with E-state index in [1.54, 1.807) is 0 Å². The highest BCUT2D eigenvalue weighted by molar-refractivity contribution is 7.47. The normalized spacial score (nSPS) is 20.8. The zero-order valence-electron chi connectivity index (χ0n) is 44.1. The van der Waals surface area contributed by atoms with Crippen molar-refractivity contribution in [1.29, 1.82) is 0 Å². The summed E-state index contributed by atoms with van der Waals surface area (Å²) < 4.78 is 33.8. The van der Waals surface area contributed by atoms with Gasteiger partial charge in [0.05, 0.1) is 6.61 Å². The van der Waals surface area contributed by atoms with Gasteiger partial charge in [0, 0.05) is 12.8 Å². The summed E-state index contributed by atoms with van der Waals surface area (Å²) in [6.07, 6.45) is 37.2. The summed E-state index contributed by atoms with van der Waals surface area (Å²) in [7, 11) is -5.12. The molecular formula is C55H107O13P. The Morgan fingerprint density at radius 3 is 0.957 bits per heavy atom. The van der Waals surface area contributed by atoms with Crippen molar-refractivity contribution in [2.75, 3.05) is 13.2 Å². The number of phosphoric ester groups is 1. The molecule has 0 aromatic rings. The zero-order valence-corrected chi connectivity index (χ0v) is 45.0. The second kappa shape index (κ2) is 45.5. The van der Waals surface area contributed by atoms with Crippen LogP contribution >= 0.6 is 7.82 Å². The van der Waals surface area contributed by atoms with Crippen LogP contribution in [0.1, 0.15) is 284 Å². The van der Waals surface area contributed by atoms with Crippen molar-refractivity contribution in [3.05, 3.63) is 0 Å². The summed E-state index contributed by atoms with van der Waals surface area (Å²) in [5.41, 5.74) is 0. The van der Waals surface area contributed by atoms with Crippen molar-refractivity contribution in [2.24, 2.45) is 0 Å². The van der Waals surface area contributed by atoms with E-state index in [1.807, 2.05) is 0 Å². The third-order valence-corrected chi connectivity index (χ3v) is 14.9. The van der Waals surface area contributed by atoms with Gasteiger partial charge in [0.2, 0.25) is 0 Å². The monoisotopic (exact) mass is 1010 g/mol. The SMILES string of the molecule is CCCCCCCCCCCCCCCCCCCCCCCC(=O)OC[C@@H](COP(=O)(O)OC1C(O)C(O)C(O)[C@H](O)C1O)OC(=O)CCCCCCCCCCCCCCCCCCCCC. The Morgan fingerprint density at radius 1 is 0.391 bits per heavy atom. The molecule has 6 N–H and O–H groups in total. The fourth-order valence-corrected chi connectivity index (χ4v) is 10.3. The molecule has 0 heterocycles. The summed E-state index contributed by atoms with van der Waals surface area (Å²) in [6, 6.07) is 0. The van der Waals surface area contributed by atoms with Gasteiger partial charge in [0.15, 0.2) is 6.10 Å². The van der Waals surface area contributed by atoms with Crippen LogP contribution in [0.3, 0.4) is 0 Å². The number of aliphatic hydroxyl groups excluding tert-OH is 5. The molecule has 1 rings (SSSR count).